The predicted molar refractivity (Wildman–Crippen MR) is 90.2 cm³/mol. The van der Waals surface area contributed by atoms with Crippen molar-refractivity contribution < 1.29 is 23.8 Å². The molecule has 3 rings (SSSR count). The zero-order valence-corrected chi connectivity index (χ0v) is 14.1. The number of ether oxygens (including phenoxy) is 1. The van der Waals surface area contributed by atoms with E-state index in [0.717, 1.165) is 11.0 Å². The Morgan fingerprint density at radius 3 is 3.00 bits per heavy atom. The number of hydrogen-bond donors (Lipinski definition) is 2. The summed E-state index contributed by atoms with van der Waals surface area (Å²) in [5, 5.41) is 20.8. The van der Waals surface area contributed by atoms with E-state index < -0.39 is 23.9 Å². The third-order valence-corrected chi connectivity index (χ3v) is 4.11. The highest BCUT2D eigenvalue weighted by atomic mass is 19.1. The van der Waals surface area contributed by atoms with Crippen LogP contribution in [0.1, 0.15) is 22.9 Å². The molecule has 2 N–H and O–H groups in total. The van der Waals surface area contributed by atoms with Gasteiger partial charge in [0.05, 0.1) is 17.7 Å². The van der Waals surface area contributed by atoms with E-state index in [1.807, 2.05) is 6.07 Å². The maximum absolute atomic E-state index is 14.0. The number of amides is 2. The molecule has 0 saturated carbocycles. The van der Waals surface area contributed by atoms with Crippen LogP contribution >= 0.6 is 0 Å². The van der Waals surface area contributed by atoms with E-state index in [9.17, 15) is 19.1 Å². The molecule has 1 saturated heterocycles. The van der Waals surface area contributed by atoms with Gasteiger partial charge in [-0.15, -0.1) is 0 Å². The van der Waals surface area contributed by atoms with Gasteiger partial charge in [-0.3, -0.25) is 14.7 Å². The minimum Gasteiger partial charge on any atom is -0.487 e. The molecule has 27 heavy (non-hydrogen) atoms. The second-order valence-electron chi connectivity index (χ2n) is 5.82. The molecule has 0 spiro atoms. The molecule has 1 aliphatic heterocycles. The van der Waals surface area contributed by atoms with Crippen molar-refractivity contribution in [2.75, 3.05) is 13.1 Å². The Kier molecular flexibility index (Phi) is 5.17. The minimum absolute atomic E-state index is 0.0593. The molecule has 1 aromatic carbocycles. The number of nitrogens with zero attached hydrogens (tertiary/aromatic N) is 3. The summed E-state index contributed by atoms with van der Waals surface area (Å²) in [4.78, 5) is 28.2. The second kappa shape index (κ2) is 7.70. The Hall–Kier alpha value is -3.67. The maximum atomic E-state index is 14.0. The zero-order chi connectivity index (χ0) is 19.4. The van der Waals surface area contributed by atoms with Crippen LogP contribution in [0.2, 0.25) is 0 Å². The van der Waals surface area contributed by atoms with E-state index in [2.05, 4.69) is 10.3 Å². The van der Waals surface area contributed by atoms with Crippen molar-refractivity contribution in [1.29, 1.82) is 5.26 Å². The molecule has 0 aliphatic carbocycles. The Balaban J connectivity index is 1.83. The van der Waals surface area contributed by atoms with Crippen LogP contribution < -0.4 is 10.1 Å². The number of rotatable bonds is 4. The molecule has 1 unspecified atom stereocenters. The fourth-order valence-corrected chi connectivity index (χ4v) is 2.75. The largest absolute Gasteiger partial charge is 0.487 e. The van der Waals surface area contributed by atoms with Crippen molar-refractivity contribution in [2.24, 2.45) is 0 Å². The van der Waals surface area contributed by atoms with Crippen LogP contribution in [0.4, 0.5) is 9.18 Å². The van der Waals surface area contributed by atoms with Crippen molar-refractivity contribution in [3.05, 3.63) is 59.2 Å². The summed E-state index contributed by atoms with van der Waals surface area (Å²) in [5.41, 5.74) is 0.776. The first-order chi connectivity index (χ1) is 13.0. The second-order valence-corrected chi connectivity index (χ2v) is 5.82. The van der Waals surface area contributed by atoms with Gasteiger partial charge in [0.2, 0.25) is 5.91 Å². The van der Waals surface area contributed by atoms with E-state index in [4.69, 9.17) is 10.00 Å². The first kappa shape index (κ1) is 18.1. The van der Waals surface area contributed by atoms with Gasteiger partial charge in [0.15, 0.2) is 0 Å². The van der Waals surface area contributed by atoms with Crippen molar-refractivity contribution >= 4 is 12.0 Å². The molecule has 1 aliphatic rings. The third kappa shape index (κ3) is 3.95. The molecule has 2 aromatic rings. The van der Waals surface area contributed by atoms with Crippen LogP contribution in [0.25, 0.3) is 0 Å². The van der Waals surface area contributed by atoms with Gasteiger partial charge in [0.1, 0.15) is 30.4 Å². The lowest BCUT2D eigenvalue weighted by Gasteiger charge is -2.33. The molecule has 8 nitrogen and oxygen atoms in total. The SMILES string of the molecule is N#Cc1ccc(COc2cccnc2C2CNC(=O)CN2C(=O)O)c(F)c1. The fraction of sp³-hybridized carbons (Fsp3) is 0.222. The van der Waals surface area contributed by atoms with Crippen LogP contribution in [0.5, 0.6) is 5.75 Å². The lowest BCUT2D eigenvalue weighted by atomic mass is 10.1. The number of pyridine rings is 1. The van der Waals surface area contributed by atoms with Gasteiger partial charge in [-0.25, -0.2) is 9.18 Å². The monoisotopic (exact) mass is 370 g/mol. The molecular weight excluding hydrogens is 355 g/mol. The van der Waals surface area contributed by atoms with E-state index in [-0.39, 0.29) is 36.6 Å². The highest BCUT2D eigenvalue weighted by Gasteiger charge is 2.34. The Morgan fingerprint density at radius 1 is 1.48 bits per heavy atom. The first-order valence-electron chi connectivity index (χ1n) is 8.02. The van der Waals surface area contributed by atoms with Gasteiger partial charge < -0.3 is 15.2 Å². The Bertz CT molecular complexity index is 928. The molecule has 138 valence electrons. The van der Waals surface area contributed by atoms with Gasteiger partial charge in [0.25, 0.3) is 0 Å². The third-order valence-electron chi connectivity index (χ3n) is 4.11. The normalized spacial score (nSPS) is 16.4. The van der Waals surface area contributed by atoms with Crippen LogP contribution in [0.3, 0.4) is 0 Å². The summed E-state index contributed by atoms with van der Waals surface area (Å²) in [6.45, 7) is -0.369. The molecule has 1 fully saturated rings. The quantitative estimate of drug-likeness (QED) is 0.848. The van der Waals surface area contributed by atoms with Crippen LogP contribution in [-0.4, -0.2) is 40.1 Å². The summed E-state index contributed by atoms with van der Waals surface area (Å²) >= 11 is 0. The fourth-order valence-electron chi connectivity index (χ4n) is 2.75. The van der Waals surface area contributed by atoms with Crippen molar-refractivity contribution in [1.82, 2.24) is 15.2 Å². The number of halogens is 1. The number of benzene rings is 1. The number of aromatic nitrogens is 1. The number of carbonyl (C=O) groups excluding carboxylic acids is 1. The predicted octanol–water partition coefficient (Wildman–Crippen LogP) is 1.82. The van der Waals surface area contributed by atoms with E-state index in [0.29, 0.717) is 5.69 Å². The number of carbonyl (C=O) groups is 2. The summed E-state index contributed by atoms with van der Waals surface area (Å²) in [5.74, 6) is -0.683. The van der Waals surface area contributed by atoms with Crippen molar-refractivity contribution in [3.8, 4) is 11.8 Å². The van der Waals surface area contributed by atoms with Crippen molar-refractivity contribution in [2.45, 2.75) is 12.6 Å². The van der Waals surface area contributed by atoms with Crippen LogP contribution in [0.15, 0.2) is 36.5 Å². The van der Waals surface area contributed by atoms with Gasteiger partial charge in [-0.1, -0.05) is 6.07 Å². The molecule has 9 heteroatoms. The van der Waals surface area contributed by atoms with Gasteiger partial charge in [0, 0.05) is 18.3 Å². The van der Waals surface area contributed by atoms with E-state index >= 15 is 0 Å². The molecular formula is C18H15FN4O4. The molecule has 0 radical (unpaired) electrons. The molecule has 0 bridgehead atoms. The van der Waals surface area contributed by atoms with E-state index in [1.54, 1.807) is 12.1 Å². The Labute approximate surface area is 153 Å². The molecule has 1 aromatic heterocycles. The highest BCUT2D eigenvalue weighted by Crippen LogP contribution is 2.29. The summed E-state index contributed by atoms with van der Waals surface area (Å²) in [7, 11) is 0. The number of nitrogens with one attached hydrogen (secondary N) is 1. The molecule has 2 amide bonds. The van der Waals surface area contributed by atoms with Gasteiger partial charge in [-0.05, 0) is 24.3 Å². The first-order valence-corrected chi connectivity index (χ1v) is 8.02. The average molecular weight is 370 g/mol. The molecule has 2 heterocycles. The number of carboxylic acid groups (broad SMARTS) is 1. The van der Waals surface area contributed by atoms with Gasteiger partial charge >= 0.3 is 6.09 Å². The summed E-state index contributed by atoms with van der Waals surface area (Å²) in [6.07, 6.45) is 0.241. The number of hydrogen-bond acceptors (Lipinski definition) is 5. The topological polar surface area (TPSA) is 116 Å². The van der Waals surface area contributed by atoms with Crippen molar-refractivity contribution in [3.63, 3.8) is 0 Å². The summed E-state index contributed by atoms with van der Waals surface area (Å²) < 4.78 is 19.7. The standard InChI is InChI=1S/C18H15FN4O4/c19-13-6-11(7-20)3-4-12(13)10-27-15-2-1-5-21-17(15)14-8-22-16(24)9-23(14)18(25)26/h1-6,14H,8-10H2,(H,22,24)(H,25,26). The number of nitriles is 1. The zero-order valence-electron chi connectivity index (χ0n) is 14.1. The number of piperazine rings is 1. The highest BCUT2D eigenvalue weighted by molar-refractivity contribution is 5.83. The average Bonchev–Trinajstić information content (AvgIpc) is 2.67. The summed E-state index contributed by atoms with van der Waals surface area (Å²) in [6, 6.07) is 8.39. The minimum atomic E-state index is -1.25. The van der Waals surface area contributed by atoms with Gasteiger partial charge in [-0.2, -0.15) is 5.26 Å². The lowest BCUT2D eigenvalue weighted by Crippen LogP contribution is -2.51. The van der Waals surface area contributed by atoms with E-state index in [1.165, 1.54) is 18.3 Å². The lowest BCUT2D eigenvalue weighted by molar-refractivity contribution is -0.124. The Morgan fingerprint density at radius 2 is 2.30 bits per heavy atom. The van der Waals surface area contributed by atoms with Crippen LogP contribution in [0, 0.1) is 17.1 Å². The van der Waals surface area contributed by atoms with Crippen LogP contribution in [-0.2, 0) is 11.4 Å². The maximum Gasteiger partial charge on any atom is 0.408 e. The smallest absolute Gasteiger partial charge is 0.408 e. The molecule has 1 atom stereocenters.